The number of aromatic nitrogens is 3. The fourth-order valence-electron chi connectivity index (χ4n) is 5.92. The van der Waals surface area contributed by atoms with E-state index in [1.54, 1.807) is 35.8 Å². The van der Waals surface area contributed by atoms with Crippen molar-refractivity contribution in [2.24, 2.45) is 0 Å². The maximum Gasteiger partial charge on any atom is 0.271 e. The second-order valence-electron chi connectivity index (χ2n) is 11.9. The minimum atomic E-state index is -3.58. The lowest BCUT2D eigenvalue weighted by atomic mass is 9.99. The maximum atomic E-state index is 15.6. The average molecular weight is 748 g/mol. The summed E-state index contributed by atoms with van der Waals surface area (Å²) in [6.45, 7) is 1.88. The Morgan fingerprint density at radius 1 is 0.815 bits per heavy atom. The van der Waals surface area contributed by atoms with E-state index < -0.39 is 33.1 Å². The number of sulfonamides is 1. The van der Waals surface area contributed by atoms with E-state index in [0.717, 1.165) is 28.3 Å². The molecule has 1 amide bonds. The van der Waals surface area contributed by atoms with Crippen LogP contribution in [0.25, 0.3) is 33.5 Å². The molecule has 11 nitrogen and oxygen atoms in total. The molecule has 0 radical (unpaired) electrons. The number of halogens is 2. The zero-order chi connectivity index (χ0) is 38.0. The molecule has 0 aliphatic rings. The monoisotopic (exact) mass is 747 g/mol. The number of amides is 1. The first-order chi connectivity index (χ1) is 26.1. The van der Waals surface area contributed by atoms with E-state index in [1.807, 2.05) is 30.3 Å². The van der Waals surface area contributed by atoms with Gasteiger partial charge in [0.2, 0.25) is 10.0 Å². The second kappa shape index (κ2) is 14.8. The van der Waals surface area contributed by atoms with Crippen molar-refractivity contribution in [1.82, 2.24) is 18.9 Å². The molecule has 14 heteroatoms. The topological polar surface area (TPSA) is 133 Å². The summed E-state index contributed by atoms with van der Waals surface area (Å²) >= 11 is 0. The van der Waals surface area contributed by atoms with Crippen LogP contribution in [0, 0.1) is 11.6 Å². The second-order valence-corrected chi connectivity index (χ2v) is 13.8. The highest BCUT2D eigenvalue weighted by Crippen LogP contribution is 2.37. The lowest BCUT2D eigenvalue weighted by Crippen LogP contribution is -2.29. The van der Waals surface area contributed by atoms with Crippen molar-refractivity contribution in [3.05, 3.63) is 155 Å². The third kappa shape index (κ3) is 7.07. The molecule has 4 aromatic carbocycles. The van der Waals surface area contributed by atoms with Crippen molar-refractivity contribution >= 4 is 27.1 Å². The number of fused-ring (bicyclic) bond motifs is 1. The van der Waals surface area contributed by atoms with Crippen LogP contribution in [0.4, 0.5) is 14.5 Å². The van der Waals surface area contributed by atoms with E-state index in [1.165, 1.54) is 78.6 Å². The third-order valence-corrected chi connectivity index (χ3v) is 9.98. The molecule has 272 valence electrons. The molecular formula is C40H31F2N5O6S. The minimum Gasteiger partial charge on any atom is -0.493 e. The number of hydrogen-bond acceptors (Lipinski definition) is 7. The van der Waals surface area contributed by atoms with E-state index in [-0.39, 0.29) is 34.3 Å². The van der Waals surface area contributed by atoms with Crippen molar-refractivity contribution in [2.45, 2.75) is 11.8 Å². The molecule has 7 aromatic rings. The molecule has 54 heavy (non-hydrogen) atoms. The number of ether oxygens (including phenoxy) is 2. The summed E-state index contributed by atoms with van der Waals surface area (Å²) < 4.78 is 70.3. The molecule has 0 aliphatic heterocycles. The summed E-state index contributed by atoms with van der Waals surface area (Å²) in [5.74, 6) is -1.89. The number of anilines is 1. The smallest absolute Gasteiger partial charge is 0.271 e. The summed E-state index contributed by atoms with van der Waals surface area (Å²) in [5, 5.41) is 6.95. The highest BCUT2D eigenvalue weighted by Gasteiger charge is 2.22. The minimum absolute atomic E-state index is 0.0342. The number of nitrogens with zero attached hydrogens (tertiary/aromatic N) is 3. The number of carbonyl (C=O) groups is 1. The molecule has 0 aliphatic carbocycles. The van der Waals surface area contributed by atoms with Gasteiger partial charge in [-0.1, -0.05) is 30.3 Å². The zero-order valence-electron chi connectivity index (χ0n) is 28.8. The van der Waals surface area contributed by atoms with Gasteiger partial charge in [-0.3, -0.25) is 14.2 Å². The molecular weight excluding hydrogens is 717 g/mol. The molecule has 0 saturated heterocycles. The van der Waals surface area contributed by atoms with Gasteiger partial charge in [0.15, 0.2) is 17.3 Å². The van der Waals surface area contributed by atoms with Crippen LogP contribution < -0.4 is 25.1 Å². The predicted molar refractivity (Wildman–Crippen MR) is 200 cm³/mol. The van der Waals surface area contributed by atoms with Gasteiger partial charge in [0.1, 0.15) is 22.6 Å². The van der Waals surface area contributed by atoms with Gasteiger partial charge in [0.05, 0.1) is 17.7 Å². The number of carbonyl (C=O) groups excluding carboxylic acids is 1. The summed E-state index contributed by atoms with van der Waals surface area (Å²) in [7, 11) is -2.22. The highest BCUT2D eigenvalue weighted by molar-refractivity contribution is 7.89. The number of benzene rings is 4. The molecule has 0 atom stereocenters. The molecule has 0 spiro atoms. The first-order valence-corrected chi connectivity index (χ1v) is 18.1. The van der Waals surface area contributed by atoms with Gasteiger partial charge in [0.25, 0.3) is 11.5 Å². The Bertz CT molecular complexity index is 2700. The first-order valence-electron chi connectivity index (χ1n) is 16.6. The Kier molecular flexibility index (Phi) is 9.78. The standard InChI is InChI=1S/C40H31F2N5O6S/c1-3-52-35-19-21-46(30-12-9-28(41)10-13-30)40(49)37(35)39(48)45-29-11-16-34(33(42)24-29)53-36-17-20-44-47-22-18-32(38(36)47)27-6-4-5-26(23-27)25-7-14-31(15-8-25)54(50,51)43-2/h4-24,43H,3H2,1-2H3,(H,45,48). The lowest BCUT2D eigenvalue weighted by molar-refractivity contribution is 0.102. The van der Waals surface area contributed by atoms with E-state index in [2.05, 4.69) is 15.1 Å². The van der Waals surface area contributed by atoms with Gasteiger partial charge < -0.3 is 14.8 Å². The summed E-state index contributed by atoms with van der Waals surface area (Å²) in [4.78, 5) is 27.1. The molecule has 7 rings (SSSR count). The van der Waals surface area contributed by atoms with E-state index in [9.17, 15) is 22.4 Å². The number of rotatable bonds is 11. The Morgan fingerprint density at radius 3 is 2.30 bits per heavy atom. The van der Waals surface area contributed by atoms with Crippen molar-refractivity contribution in [1.29, 1.82) is 0 Å². The number of hydrogen-bond donors (Lipinski definition) is 2. The largest absolute Gasteiger partial charge is 0.493 e. The summed E-state index contributed by atoms with van der Waals surface area (Å²) in [6.07, 6.45) is 4.69. The van der Waals surface area contributed by atoms with Crippen molar-refractivity contribution in [2.75, 3.05) is 19.0 Å². The van der Waals surface area contributed by atoms with E-state index in [0.29, 0.717) is 17.0 Å². The maximum absolute atomic E-state index is 15.6. The van der Waals surface area contributed by atoms with Crippen LogP contribution in [-0.2, 0) is 10.0 Å². The number of nitrogens with one attached hydrogen (secondary N) is 2. The van der Waals surface area contributed by atoms with E-state index >= 15 is 4.39 Å². The summed E-state index contributed by atoms with van der Waals surface area (Å²) in [5.41, 5.74) is 3.14. The molecule has 2 N–H and O–H groups in total. The van der Waals surface area contributed by atoms with Crippen LogP contribution in [0.1, 0.15) is 17.3 Å². The Morgan fingerprint density at radius 2 is 1.57 bits per heavy atom. The summed E-state index contributed by atoms with van der Waals surface area (Å²) in [6, 6.07) is 28.2. The van der Waals surface area contributed by atoms with Crippen LogP contribution in [0.2, 0.25) is 0 Å². The Hall–Kier alpha value is -6.64. The molecule has 3 heterocycles. The normalized spacial score (nSPS) is 11.4. The molecule has 0 bridgehead atoms. The van der Waals surface area contributed by atoms with Gasteiger partial charge in [0, 0.05) is 41.5 Å². The van der Waals surface area contributed by atoms with Gasteiger partial charge >= 0.3 is 0 Å². The Labute approximate surface area is 308 Å². The third-order valence-electron chi connectivity index (χ3n) is 8.55. The quantitative estimate of drug-likeness (QED) is 0.141. The van der Waals surface area contributed by atoms with E-state index in [4.69, 9.17) is 9.47 Å². The van der Waals surface area contributed by atoms with Crippen LogP contribution in [0.3, 0.4) is 0 Å². The number of pyridine rings is 1. The van der Waals surface area contributed by atoms with Crippen molar-refractivity contribution < 1.29 is 31.5 Å². The fourth-order valence-corrected chi connectivity index (χ4v) is 6.65. The van der Waals surface area contributed by atoms with Gasteiger partial charge in [-0.05, 0) is 97.4 Å². The molecule has 3 aromatic heterocycles. The van der Waals surface area contributed by atoms with Gasteiger partial charge in [-0.15, -0.1) is 0 Å². The lowest BCUT2D eigenvalue weighted by Gasteiger charge is -2.14. The molecule has 0 fully saturated rings. The van der Waals surface area contributed by atoms with Crippen molar-refractivity contribution in [3.8, 4) is 45.2 Å². The average Bonchev–Trinajstić information content (AvgIpc) is 3.62. The predicted octanol–water partition coefficient (Wildman–Crippen LogP) is 7.45. The van der Waals surface area contributed by atoms with Gasteiger partial charge in [-0.2, -0.15) is 5.10 Å². The first kappa shape index (κ1) is 35.7. The van der Waals surface area contributed by atoms with Gasteiger partial charge in [-0.25, -0.2) is 26.4 Å². The SMILES string of the molecule is CCOc1ccn(-c2ccc(F)cc2)c(=O)c1C(=O)Nc1ccc(Oc2ccnn3ccc(-c4cccc(-c5ccc(S(=O)(=O)NC)cc5)c4)c23)c(F)c1. The van der Waals surface area contributed by atoms with Crippen LogP contribution >= 0.6 is 0 Å². The highest BCUT2D eigenvalue weighted by atomic mass is 32.2. The van der Waals surface area contributed by atoms with Crippen LogP contribution in [-0.4, -0.2) is 42.2 Å². The Balaban J connectivity index is 1.15. The van der Waals surface area contributed by atoms with Crippen LogP contribution in [0.15, 0.2) is 137 Å². The fraction of sp³-hybridized carbons (Fsp3) is 0.0750. The molecule has 0 saturated carbocycles. The van der Waals surface area contributed by atoms with Crippen LogP contribution in [0.5, 0.6) is 17.2 Å². The zero-order valence-corrected chi connectivity index (χ0v) is 29.6. The van der Waals surface area contributed by atoms with Crippen molar-refractivity contribution in [3.63, 3.8) is 0 Å². The molecule has 0 unspecified atom stereocenters.